The minimum atomic E-state index is -0.510. The van der Waals surface area contributed by atoms with Crippen molar-refractivity contribution in [3.8, 4) is 11.5 Å². The van der Waals surface area contributed by atoms with Crippen molar-refractivity contribution in [1.29, 1.82) is 0 Å². The molecule has 3 aromatic rings. The van der Waals surface area contributed by atoms with Crippen LogP contribution in [-0.4, -0.2) is 35.6 Å². The second-order valence-electron chi connectivity index (χ2n) is 8.82. The molecule has 0 atom stereocenters. The zero-order chi connectivity index (χ0) is 26.5. The second kappa shape index (κ2) is 11.3. The van der Waals surface area contributed by atoms with Crippen molar-refractivity contribution in [3.63, 3.8) is 0 Å². The van der Waals surface area contributed by atoms with E-state index >= 15 is 0 Å². The van der Waals surface area contributed by atoms with Crippen LogP contribution in [-0.2, 0) is 16.2 Å². The smallest absolute Gasteiger partial charge is 0.294 e. The lowest BCUT2D eigenvalue weighted by Crippen LogP contribution is -2.36. The van der Waals surface area contributed by atoms with E-state index in [2.05, 4.69) is 11.4 Å². The molecule has 4 rings (SSSR count). The Kier molecular flexibility index (Phi) is 7.98. The highest BCUT2D eigenvalue weighted by molar-refractivity contribution is 8.18. The molecule has 0 radical (unpaired) electrons. The van der Waals surface area contributed by atoms with Gasteiger partial charge in [0.15, 0.2) is 11.5 Å². The number of nitrogens with zero attached hydrogens (tertiary/aromatic N) is 1. The summed E-state index contributed by atoms with van der Waals surface area (Å²) in [6.45, 7) is 5.91. The number of anilines is 1. The molecular formula is C29H28N2O5S. The molecule has 8 heteroatoms. The van der Waals surface area contributed by atoms with Gasteiger partial charge < -0.3 is 14.8 Å². The van der Waals surface area contributed by atoms with Gasteiger partial charge in [-0.05, 0) is 73.5 Å². The highest BCUT2D eigenvalue weighted by Gasteiger charge is 2.36. The Bertz CT molecular complexity index is 1400. The number of thioether (sulfide) groups is 1. The average Bonchev–Trinajstić information content (AvgIpc) is 3.12. The van der Waals surface area contributed by atoms with Gasteiger partial charge in [0.2, 0.25) is 5.91 Å². The molecule has 1 aliphatic rings. The van der Waals surface area contributed by atoms with Gasteiger partial charge in [-0.25, -0.2) is 0 Å². The van der Waals surface area contributed by atoms with Crippen molar-refractivity contribution in [2.45, 2.75) is 27.4 Å². The Morgan fingerprint density at radius 2 is 1.76 bits per heavy atom. The molecule has 3 aromatic carbocycles. The molecular weight excluding hydrogens is 488 g/mol. The molecule has 0 unspecified atom stereocenters. The third-order valence-electron chi connectivity index (χ3n) is 5.79. The van der Waals surface area contributed by atoms with E-state index in [9.17, 15) is 14.4 Å². The van der Waals surface area contributed by atoms with Crippen LogP contribution < -0.4 is 14.8 Å². The molecule has 1 fully saturated rings. The minimum Gasteiger partial charge on any atom is -0.493 e. The molecule has 1 aliphatic heterocycles. The predicted octanol–water partition coefficient (Wildman–Crippen LogP) is 5.87. The fourth-order valence-electron chi connectivity index (χ4n) is 3.93. The number of aryl methyl sites for hydroxylation is 3. The molecule has 1 heterocycles. The van der Waals surface area contributed by atoms with Gasteiger partial charge in [-0.15, -0.1) is 0 Å². The van der Waals surface area contributed by atoms with Crippen LogP contribution in [0.15, 0.2) is 65.6 Å². The summed E-state index contributed by atoms with van der Waals surface area (Å²) >= 11 is 0.803. The van der Waals surface area contributed by atoms with Crippen LogP contribution in [0.1, 0.15) is 27.8 Å². The molecule has 1 saturated heterocycles. The van der Waals surface area contributed by atoms with Gasteiger partial charge >= 0.3 is 0 Å². The van der Waals surface area contributed by atoms with Gasteiger partial charge in [-0.3, -0.25) is 19.3 Å². The second-order valence-corrected chi connectivity index (χ2v) is 9.82. The average molecular weight is 517 g/mol. The number of hydrogen-bond donors (Lipinski definition) is 1. The van der Waals surface area contributed by atoms with Crippen LogP contribution in [0.4, 0.5) is 10.5 Å². The summed E-state index contributed by atoms with van der Waals surface area (Å²) in [6.07, 6.45) is 1.61. The van der Waals surface area contributed by atoms with E-state index in [-0.39, 0.29) is 11.4 Å². The lowest BCUT2D eigenvalue weighted by molar-refractivity contribution is -0.127. The maximum atomic E-state index is 12.9. The summed E-state index contributed by atoms with van der Waals surface area (Å²) in [4.78, 5) is 39.2. The number of benzene rings is 3. The van der Waals surface area contributed by atoms with Crippen LogP contribution >= 0.6 is 11.8 Å². The maximum Gasteiger partial charge on any atom is 0.294 e. The number of rotatable bonds is 8. The number of carbonyl (C=O) groups excluding carboxylic acids is 3. The highest BCUT2D eigenvalue weighted by Crippen LogP contribution is 2.35. The quantitative estimate of drug-likeness (QED) is 0.377. The topological polar surface area (TPSA) is 84.9 Å². The van der Waals surface area contributed by atoms with Gasteiger partial charge in [0.1, 0.15) is 13.2 Å². The molecule has 1 N–H and O–H groups in total. The first-order valence-electron chi connectivity index (χ1n) is 11.7. The zero-order valence-corrected chi connectivity index (χ0v) is 22.0. The number of carbonyl (C=O) groups is 3. The van der Waals surface area contributed by atoms with E-state index in [1.165, 1.54) is 0 Å². The van der Waals surface area contributed by atoms with E-state index in [0.29, 0.717) is 29.4 Å². The summed E-state index contributed by atoms with van der Waals surface area (Å²) in [5.41, 5.74) is 5.50. The first-order chi connectivity index (χ1) is 17.7. The fraction of sp³-hybridized carbons (Fsp3) is 0.207. The van der Waals surface area contributed by atoms with Crippen LogP contribution in [0.25, 0.3) is 6.08 Å². The lowest BCUT2D eigenvalue weighted by Gasteiger charge is -2.14. The molecule has 190 valence electrons. The van der Waals surface area contributed by atoms with Crippen LogP contribution in [0, 0.1) is 20.8 Å². The minimum absolute atomic E-state index is 0.236. The highest BCUT2D eigenvalue weighted by atomic mass is 32.2. The Labute approximate surface area is 220 Å². The molecule has 0 aromatic heterocycles. The Morgan fingerprint density at radius 3 is 2.49 bits per heavy atom. The molecule has 7 nitrogen and oxygen atoms in total. The fourth-order valence-corrected chi connectivity index (χ4v) is 4.77. The van der Waals surface area contributed by atoms with Crippen LogP contribution in [0.5, 0.6) is 11.5 Å². The Morgan fingerprint density at radius 1 is 0.973 bits per heavy atom. The SMILES string of the molecule is COc1cc(/C=C2\SC(=O)N(CC(=O)Nc3ccc(C)cc3C)C2=O)ccc1OCc1cccc(C)c1. The van der Waals surface area contributed by atoms with Crippen LogP contribution in [0.2, 0.25) is 0 Å². The van der Waals surface area contributed by atoms with Gasteiger partial charge in [0, 0.05) is 5.69 Å². The van der Waals surface area contributed by atoms with E-state index in [1.54, 1.807) is 37.5 Å². The van der Waals surface area contributed by atoms with Crippen molar-refractivity contribution < 1.29 is 23.9 Å². The summed E-state index contributed by atoms with van der Waals surface area (Å²) in [7, 11) is 1.54. The molecule has 0 bridgehead atoms. The summed E-state index contributed by atoms with van der Waals surface area (Å²) in [5.74, 6) is 0.127. The lowest BCUT2D eigenvalue weighted by atomic mass is 10.1. The first-order valence-corrected chi connectivity index (χ1v) is 12.5. The number of imide groups is 1. The van der Waals surface area contributed by atoms with E-state index in [1.807, 2.05) is 51.1 Å². The normalized spacial score (nSPS) is 14.3. The van der Waals surface area contributed by atoms with Crippen molar-refractivity contribution in [1.82, 2.24) is 4.90 Å². The number of hydrogen-bond acceptors (Lipinski definition) is 6. The maximum absolute atomic E-state index is 12.9. The van der Waals surface area contributed by atoms with Gasteiger partial charge in [-0.2, -0.15) is 0 Å². The molecule has 3 amide bonds. The molecule has 0 saturated carbocycles. The van der Waals surface area contributed by atoms with E-state index in [4.69, 9.17) is 9.47 Å². The summed E-state index contributed by atoms with van der Waals surface area (Å²) in [6, 6.07) is 19.0. The van der Waals surface area contributed by atoms with Crippen LogP contribution in [0.3, 0.4) is 0 Å². The van der Waals surface area contributed by atoms with Crippen molar-refractivity contribution in [2.24, 2.45) is 0 Å². The van der Waals surface area contributed by atoms with E-state index < -0.39 is 17.1 Å². The number of nitrogens with one attached hydrogen (secondary N) is 1. The van der Waals surface area contributed by atoms with Gasteiger partial charge in [0.25, 0.3) is 11.1 Å². The standard InChI is InChI=1S/C29H28N2O5S/c1-18-6-5-7-22(13-18)17-36-24-11-9-21(14-25(24)35-4)15-26-28(33)31(29(34)37-26)16-27(32)30-23-10-8-19(2)12-20(23)3/h5-15H,16-17H2,1-4H3,(H,30,32)/b26-15-. The van der Waals surface area contributed by atoms with Crippen molar-refractivity contribution in [2.75, 3.05) is 19.0 Å². The van der Waals surface area contributed by atoms with Crippen molar-refractivity contribution >= 4 is 40.6 Å². The summed E-state index contributed by atoms with van der Waals surface area (Å²) < 4.78 is 11.4. The number of amides is 3. The Balaban J connectivity index is 1.43. The third kappa shape index (κ3) is 6.40. The molecule has 37 heavy (non-hydrogen) atoms. The zero-order valence-electron chi connectivity index (χ0n) is 21.2. The molecule has 0 aliphatic carbocycles. The largest absolute Gasteiger partial charge is 0.493 e. The number of methoxy groups -OCH3 is 1. The van der Waals surface area contributed by atoms with Crippen molar-refractivity contribution in [3.05, 3.63) is 93.4 Å². The molecule has 0 spiro atoms. The van der Waals surface area contributed by atoms with E-state index in [0.717, 1.165) is 38.9 Å². The Hall–Kier alpha value is -4.04. The predicted molar refractivity (Wildman–Crippen MR) is 146 cm³/mol. The first kappa shape index (κ1) is 26.0. The van der Waals surface area contributed by atoms with Gasteiger partial charge in [-0.1, -0.05) is 53.6 Å². The van der Waals surface area contributed by atoms with Gasteiger partial charge in [0.05, 0.1) is 12.0 Å². The monoisotopic (exact) mass is 516 g/mol. The summed E-state index contributed by atoms with van der Waals surface area (Å²) in [5, 5.41) is 2.29. The number of ether oxygens (including phenoxy) is 2. The third-order valence-corrected chi connectivity index (χ3v) is 6.70.